The third-order valence-electron chi connectivity index (χ3n) is 2.24. The summed E-state index contributed by atoms with van der Waals surface area (Å²) in [5.74, 6) is 0.151. The van der Waals surface area contributed by atoms with Crippen LogP contribution in [0.4, 0.5) is 0 Å². The SMILES string of the molecule is CCC(CCNC)N(C)C(C)=O. The first-order valence-electron chi connectivity index (χ1n) is 4.51. The van der Waals surface area contributed by atoms with Gasteiger partial charge in [-0.1, -0.05) is 6.92 Å². The summed E-state index contributed by atoms with van der Waals surface area (Å²) in [5.41, 5.74) is 0. The second kappa shape index (κ2) is 6.00. The molecule has 0 bridgehead atoms. The van der Waals surface area contributed by atoms with Gasteiger partial charge in [0.15, 0.2) is 0 Å². The highest BCUT2D eigenvalue weighted by atomic mass is 16.2. The molecule has 0 aliphatic heterocycles. The lowest BCUT2D eigenvalue weighted by Crippen LogP contribution is -2.36. The normalized spacial score (nSPS) is 12.7. The van der Waals surface area contributed by atoms with E-state index >= 15 is 0 Å². The van der Waals surface area contributed by atoms with Crippen LogP contribution in [0.3, 0.4) is 0 Å². The third kappa shape index (κ3) is 3.72. The Kier molecular flexibility index (Phi) is 5.72. The molecule has 0 spiro atoms. The average Bonchev–Trinajstić information content (AvgIpc) is 2.05. The van der Waals surface area contributed by atoms with E-state index in [2.05, 4.69) is 12.2 Å². The minimum atomic E-state index is 0.151. The van der Waals surface area contributed by atoms with E-state index in [0.29, 0.717) is 6.04 Å². The minimum absolute atomic E-state index is 0.151. The fourth-order valence-electron chi connectivity index (χ4n) is 1.24. The van der Waals surface area contributed by atoms with Crippen LogP contribution in [-0.4, -0.2) is 37.5 Å². The fraction of sp³-hybridized carbons (Fsp3) is 0.889. The average molecular weight is 172 g/mol. The van der Waals surface area contributed by atoms with Gasteiger partial charge in [-0.3, -0.25) is 4.79 Å². The largest absolute Gasteiger partial charge is 0.343 e. The summed E-state index contributed by atoms with van der Waals surface area (Å²) in [7, 11) is 3.80. The highest BCUT2D eigenvalue weighted by Gasteiger charge is 2.13. The number of hydrogen-bond acceptors (Lipinski definition) is 2. The van der Waals surface area contributed by atoms with E-state index in [-0.39, 0.29) is 5.91 Å². The summed E-state index contributed by atoms with van der Waals surface area (Å²) in [4.78, 5) is 12.8. The Balaban J connectivity index is 3.87. The van der Waals surface area contributed by atoms with E-state index in [1.165, 1.54) is 0 Å². The van der Waals surface area contributed by atoms with Gasteiger partial charge in [0, 0.05) is 20.0 Å². The van der Waals surface area contributed by atoms with Crippen LogP contribution >= 0.6 is 0 Å². The highest BCUT2D eigenvalue weighted by Crippen LogP contribution is 2.05. The van der Waals surface area contributed by atoms with Crippen LogP contribution in [-0.2, 0) is 4.79 Å². The first kappa shape index (κ1) is 11.4. The van der Waals surface area contributed by atoms with Crippen LogP contribution in [0.2, 0.25) is 0 Å². The Morgan fingerprint density at radius 1 is 1.58 bits per heavy atom. The van der Waals surface area contributed by atoms with E-state index in [9.17, 15) is 4.79 Å². The van der Waals surface area contributed by atoms with Crippen molar-refractivity contribution in [3.63, 3.8) is 0 Å². The van der Waals surface area contributed by atoms with Crippen molar-refractivity contribution in [2.45, 2.75) is 32.7 Å². The van der Waals surface area contributed by atoms with Crippen LogP contribution in [0, 0.1) is 0 Å². The lowest BCUT2D eigenvalue weighted by molar-refractivity contribution is -0.129. The van der Waals surface area contributed by atoms with Crippen LogP contribution in [0.1, 0.15) is 26.7 Å². The molecule has 1 amide bonds. The van der Waals surface area contributed by atoms with Crippen molar-refractivity contribution in [2.24, 2.45) is 0 Å². The second-order valence-electron chi connectivity index (χ2n) is 3.08. The van der Waals surface area contributed by atoms with E-state index in [4.69, 9.17) is 0 Å². The molecule has 0 saturated carbocycles. The van der Waals surface area contributed by atoms with Crippen LogP contribution in [0.15, 0.2) is 0 Å². The first-order valence-corrected chi connectivity index (χ1v) is 4.51. The predicted octanol–water partition coefficient (Wildman–Crippen LogP) is 0.853. The molecule has 0 aromatic carbocycles. The van der Waals surface area contributed by atoms with Gasteiger partial charge in [-0.25, -0.2) is 0 Å². The van der Waals surface area contributed by atoms with Crippen LogP contribution in [0.5, 0.6) is 0 Å². The number of carbonyl (C=O) groups is 1. The van der Waals surface area contributed by atoms with Gasteiger partial charge < -0.3 is 10.2 Å². The molecule has 0 fully saturated rings. The molecule has 1 atom stereocenters. The van der Waals surface area contributed by atoms with Crippen molar-refractivity contribution in [2.75, 3.05) is 20.6 Å². The molecule has 12 heavy (non-hydrogen) atoms. The van der Waals surface area contributed by atoms with Crippen molar-refractivity contribution < 1.29 is 4.79 Å². The van der Waals surface area contributed by atoms with Crippen molar-refractivity contribution in [1.82, 2.24) is 10.2 Å². The number of carbonyl (C=O) groups excluding carboxylic acids is 1. The van der Waals surface area contributed by atoms with E-state index in [1.807, 2.05) is 19.0 Å². The molecule has 0 aromatic heterocycles. The Labute approximate surface area is 75.1 Å². The van der Waals surface area contributed by atoms with Crippen molar-refractivity contribution >= 4 is 5.91 Å². The predicted molar refractivity (Wildman–Crippen MR) is 51.1 cm³/mol. The molecule has 0 heterocycles. The molecule has 0 aliphatic rings. The molecular formula is C9H20N2O. The Morgan fingerprint density at radius 2 is 2.17 bits per heavy atom. The number of nitrogens with zero attached hydrogens (tertiary/aromatic N) is 1. The molecule has 3 heteroatoms. The lowest BCUT2D eigenvalue weighted by Gasteiger charge is -2.25. The zero-order chi connectivity index (χ0) is 9.56. The van der Waals surface area contributed by atoms with Gasteiger partial charge in [0.1, 0.15) is 0 Å². The maximum absolute atomic E-state index is 11.0. The van der Waals surface area contributed by atoms with Crippen molar-refractivity contribution in [1.29, 1.82) is 0 Å². The molecule has 0 rings (SSSR count). The fourth-order valence-corrected chi connectivity index (χ4v) is 1.24. The van der Waals surface area contributed by atoms with E-state index < -0.39 is 0 Å². The maximum atomic E-state index is 11.0. The molecule has 0 saturated heterocycles. The topological polar surface area (TPSA) is 32.3 Å². The standard InChI is InChI=1S/C9H20N2O/c1-5-9(6-7-10-3)11(4)8(2)12/h9-10H,5-7H2,1-4H3. The maximum Gasteiger partial charge on any atom is 0.219 e. The number of nitrogens with one attached hydrogen (secondary N) is 1. The number of amides is 1. The van der Waals surface area contributed by atoms with Crippen LogP contribution in [0.25, 0.3) is 0 Å². The van der Waals surface area contributed by atoms with Gasteiger partial charge >= 0.3 is 0 Å². The summed E-state index contributed by atoms with van der Waals surface area (Å²) < 4.78 is 0. The summed E-state index contributed by atoms with van der Waals surface area (Å²) in [6.07, 6.45) is 2.06. The summed E-state index contributed by atoms with van der Waals surface area (Å²) in [5, 5.41) is 3.09. The monoisotopic (exact) mass is 172 g/mol. The van der Waals surface area contributed by atoms with Crippen molar-refractivity contribution in [3.05, 3.63) is 0 Å². The zero-order valence-corrected chi connectivity index (χ0v) is 8.55. The van der Waals surface area contributed by atoms with Gasteiger partial charge in [0.25, 0.3) is 0 Å². The van der Waals surface area contributed by atoms with E-state index in [1.54, 1.807) is 6.92 Å². The van der Waals surface area contributed by atoms with Gasteiger partial charge in [0.2, 0.25) is 5.91 Å². The number of hydrogen-bond donors (Lipinski definition) is 1. The molecular weight excluding hydrogens is 152 g/mol. The molecule has 1 N–H and O–H groups in total. The Hall–Kier alpha value is -0.570. The quantitative estimate of drug-likeness (QED) is 0.667. The van der Waals surface area contributed by atoms with Gasteiger partial charge in [0.05, 0.1) is 0 Å². The van der Waals surface area contributed by atoms with Gasteiger partial charge in [-0.05, 0) is 26.4 Å². The summed E-state index contributed by atoms with van der Waals surface area (Å²) >= 11 is 0. The molecule has 72 valence electrons. The Bertz CT molecular complexity index is 136. The van der Waals surface area contributed by atoms with Crippen LogP contribution < -0.4 is 5.32 Å². The minimum Gasteiger partial charge on any atom is -0.343 e. The van der Waals surface area contributed by atoms with E-state index in [0.717, 1.165) is 19.4 Å². The van der Waals surface area contributed by atoms with Gasteiger partial charge in [-0.2, -0.15) is 0 Å². The molecule has 0 aromatic rings. The molecule has 3 nitrogen and oxygen atoms in total. The smallest absolute Gasteiger partial charge is 0.219 e. The molecule has 0 aliphatic carbocycles. The van der Waals surface area contributed by atoms with Gasteiger partial charge in [-0.15, -0.1) is 0 Å². The third-order valence-corrected chi connectivity index (χ3v) is 2.24. The second-order valence-corrected chi connectivity index (χ2v) is 3.08. The molecule has 0 radical (unpaired) electrons. The highest BCUT2D eigenvalue weighted by molar-refractivity contribution is 5.73. The summed E-state index contributed by atoms with van der Waals surface area (Å²) in [6.45, 7) is 4.69. The number of rotatable bonds is 5. The lowest BCUT2D eigenvalue weighted by atomic mass is 10.1. The Morgan fingerprint density at radius 3 is 2.50 bits per heavy atom. The molecule has 1 unspecified atom stereocenters. The first-order chi connectivity index (χ1) is 5.63. The summed E-state index contributed by atoms with van der Waals surface area (Å²) in [6, 6.07) is 0.384. The zero-order valence-electron chi connectivity index (χ0n) is 8.55. The van der Waals surface area contributed by atoms with Crippen molar-refractivity contribution in [3.8, 4) is 0 Å².